The number of hydrogen-bond acceptors (Lipinski definition) is 6. The molecule has 1 fully saturated rings. The van der Waals surface area contributed by atoms with Crippen LogP contribution in [0.3, 0.4) is 0 Å². The first kappa shape index (κ1) is 24.2. The van der Waals surface area contributed by atoms with E-state index in [1.165, 1.54) is 43.4 Å². The number of piperidine rings is 1. The van der Waals surface area contributed by atoms with E-state index in [-0.39, 0.29) is 24.3 Å². The maximum absolute atomic E-state index is 12.6. The number of para-hydroxylation sites is 1. The summed E-state index contributed by atoms with van der Waals surface area (Å²) < 4.78 is 5.54. The number of ether oxygens (including phenoxy) is 1. The van der Waals surface area contributed by atoms with E-state index in [2.05, 4.69) is 22.4 Å². The number of likely N-dealkylation sites (tertiary alicyclic amines) is 1. The molecule has 1 saturated heterocycles. The Hall–Kier alpha value is -2.48. The fourth-order valence-electron chi connectivity index (χ4n) is 3.81. The van der Waals surface area contributed by atoms with Gasteiger partial charge in [0.1, 0.15) is 10.8 Å². The van der Waals surface area contributed by atoms with E-state index in [9.17, 15) is 9.59 Å². The molecule has 0 spiro atoms. The van der Waals surface area contributed by atoms with Crippen molar-refractivity contribution in [2.75, 3.05) is 25.0 Å². The number of aromatic nitrogens is 2. The van der Waals surface area contributed by atoms with E-state index >= 15 is 0 Å². The fourth-order valence-corrected chi connectivity index (χ4v) is 4.60. The molecule has 2 aromatic rings. The first-order chi connectivity index (χ1) is 15.7. The second kappa shape index (κ2) is 13.2. The number of benzene rings is 1. The summed E-state index contributed by atoms with van der Waals surface area (Å²) in [4.78, 5) is 26.8. The summed E-state index contributed by atoms with van der Waals surface area (Å²) in [5, 5.41) is 12.8. The van der Waals surface area contributed by atoms with Crippen molar-refractivity contribution < 1.29 is 14.3 Å². The van der Waals surface area contributed by atoms with Gasteiger partial charge in [-0.15, -0.1) is 10.2 Å². The van der Waals surface area contributed by atoms with Gasteiger partial charge in [-0.25, -0.2) is 0 Å². The van der Waals surface area contributed by atoms with Gasteiger partial charge < -0.3 is 15.0 Å². The Balaban J connectivity index is 1.34. The molecular formula is C24H34N4O3S. The molecule has 1 N–H and O–H groups in total. The summed E-state index contributed by atoms with van der Waals surface area (Å²) in [6.45, 7) is 3.37. The summed E-state index contributed by atoms with van der Waals surface area (Å²) in [7, 11) is 0. The number of carbonyl (C=O) groups is 2. The van der Waals surface area contributed by atoms with Crippen molar-refractivity contribution in [1.82, 2.24) is 15.1 Å². The lowest BCUT2D eigenvalue weighted by Crippen LogP contribution is -2.43. The van der Waals surface area contributed by atoms with Gasteiger partial charge in [0.05, 0.1) is 0 Å². The lowest BCUT2D eigenvalue weighted by atomic mass is 9.96. The number of anilines is 1. The molecule has 1 aliphatic heterocycles. The number of amides is 2. The van der Waals surface area contributed by atoms with Crippen molar-refractivity contribution in [3.63, 3.8) is 0 Å². The Labute approximate surface area is 194 Å². The minimum Gasteiger partial charge on any atom is -0.484 e. The van der Waals surface area contributed by atoms with Gasteiger partial charge in [-0.1, -0.05) is 68.6 Å². The Morgan fingerprint density at radius 1 is 1.06 bits per heavy atom. The maximum Gasteiger partial charge on any atom is 0.260 e. The summed E-state index contributed by atoms with van der Waals surface area (Å²) >= 11 is 1.47. The average molecular weight is 459 g/mol. The summed E-state index contributed by atoms with van der Waals surface area (Å²) in [5.74, 6) is 0.499. The van der Waals surface area contributed by atoms with Crippen molar-refractivity contribution in [3.8, 4) is 5.75 Å². The number of carbonyl (C=O) groups excluding carboxylic acids is 2. The number of aryl methyl sites for hydroxylation is 1. The largest absolute Gasteiger partial charge is 0.484 e. The van der Waals surface area contributed by atoms with Gasteiger partial charge in [-0.3, -0.25) is 9.59 Å². The molecule has 0 radical (unpaired) electrons. The van der Waals surface area contributed by atoms with Crippen molar-refractivity contribution >= 4 is 28.3 Å². The highest BCUT2D eigenvalue weighted by Crippen LogP contribution is 2.22. The molecule has 1 aromatic heterocycles. The number of nitrogens with one attached hydrogen (secondary N) is 1. The van der Waals surface area contributed by atoms with Crippen LogP contribution < -0.4 is 10.1 Å². The van der Waals surface area contributed by atoms with Crippen LogP contribution in [0.2, 0.25) is 0 Å². The highest BCUT2D eigenvalue weighted by atomic mass is 32.1. The third-order valence-corrected chi connectivity index (χ3v) is 6.66. The van der Waals surface area contributed by atoms with Gasteiger partial charge in [0.2, 0.25) is 11.0 Å². The van der Waals surface area contributed by atoms with Gasteiger partial charge >= 0.3 is 0 Å². The Bertz CT molecular complexity index is 835. The zero-order valence-corrected chi connectivity index (χ0v) is 19.7. The van der Waals surface area contributed by atoms with E-state index < -0.39 is 0 Å². The van der Waals surface area contributed by atoms with Crippen LogP contribution in [0.4, 0.5) is 5.13 Å². The molecule has 174 valence electrons. The minimum absolute atomic E-state index is 0.0209. The van der Waals surface area contributed by atoms with Gasteiger partial charge in [0.25, 0.3) is 5.91 Å². The smallest absolute Gasteiger partial charge is 0.260 e. The van der Waals surface area contributed by atoms with Crippen molar-refractivity contribution in [2.45, 2.75) is 64.7 Å². The van der Waals surface area contributed by atoms with Crippen LogP contribution >= 0.6 is 11.3 Å². The summed E-state index contributed by atoms with van der Waals surface area (Å²) in [6, 6.07) is 9.31. The van der Waals surface area contributed by atoms with Crippen LogP contribution in [0, 0.1) is 5.92 Å². The van der Waals surface area contributed by atoms with Crippen LogP contribution in [-0.2, 0) is 16.0 Å². The van der Waals surface area contributed by atoms with Crippen LogP contribution in [0.15, 0.2) is 30.3 Å². The molecule has 0 unspecified atom stereocenters. The average Bonchev–Trinajstić information content (AvgIpc) is 3.27. The molecule has 0 bridgehead atoms. The summed E-state index contributed by atoms with van der Waals surface area (Å²) in [6.07, 6.45) is 9.70. The zero-order valence-electron chi connectivity index (χ0n) is 18.9. The molecule has 0 aliphatic carbocycles. The van der Waals surface area contributed by atoms with E-state index in [0.29, 0.717) is 36.8 Å². The Kier molecular flexibility index (Phi) is 9.94. The molecule has 2 heterocycles. The number of nitrogens with zero attached hydrogens (tertiary/aromatic N) is 3. The first-order valence-corrected chi connectivity index (χ1v) is 12.6. The van der Waals surface area contributed by atoms with E-state index in [1.54, 1.807) is 4.90 Å². The zero-order chi connectivity index (χ0) is 22.6. The monoisotopic (exact) mass is 458 g/mol. The second-order valence-corrected chi connectivity index (χ2v) is 9.33. The van der Waals surface area contributed by atoms with Crippen LogP contribution in [0.25, 0.3) is 0 Å². The first-order valence-electron chi connectivity index (χ1n) is 11.7. The third kappa shape index (κ3) is 7.89. The quantitative estimate of drug-likeness (QED) is 0.466. The fraction of sp³-hybridized carbons (Fsp3) is 0.583. The van der Waals surface area contributed by atoms with Crippen molar-refractivity contribution in [2.24, 2.45) is 5.92 Å². The molecule has 0 saturated carbocycles. The van der Waals surface area contributed by atoms with Crippen molar-refractivity contribution in [1.29, 1.82) is 0 Å². The van der Waals surface area contributed by atoms with E-state index in [4.69, 9.17) is 4.74 Å². The lowest BCUT2D eigenvalue weighted by Gasteiger charge is -2.31. The minimum atomic E-state index is -0.111. The Morgan fingerprint density at radius 2 is 1.78 bits per heavy atom. The predicted molar refractivity (Wildman–Crippen MR) is 127 cm³/mol. The molecule has 1 aliphatic rings. The summed E-state index contributed by atoms with van der Waals surface area (Å²) in [5.41, 5.74) is 0. The third-order valence-electron chi connectivity index (χ3n) is 5.77. The Morgan fingerprint density at radius 3 is 2.53 bits per heavy atom. The second-order valence-electron chi connectivity index (χ2n) is 8.26. The number of hydrogen-bond donors (Lipinski definition) is 1. The highest BCUT2D eigenvalue weighted by Gasteiger charge is 2.28. The molecule has 2 amide bonds. The van der Waals surface area contributed by atoms with Gasteiger partial charge in [0, 0.05) is 25.4 Å². The predicted octanol–water partition coefficient (Wildman–Crippen LogP) is 4.70. The molecule has 3 rings (SSSR count). The normalized spacial score (nSPS) is 14.3. The van der Waals surface area contributed by atoms with Gasteiger partial charge in [-0.05, 0) is 31.4 Å². The van der Waals surface area contributed by atoms with Crippen molar-refractivity contribution in [3.05, 3.63) is 35.3 Å². The van der Waals surface area contributed by atoms with E-state index in [0.717, 1.165) is 17.8 Å². The van der Waals surface area contributed by atoms with E-state index in [1.807, 2.05) is 30.3 Å². The topological polar surface area (TPSA) is 84.4 Å². The van der Waals surface area contributed by atoms with Gasteiger partial charge in [-0.2, -0.15) is 0 Å². The molecule has 8 heteroatoms. The molecule has 7 nitrogen and oxygen atoms in total. The molecule has 0 atom stereocenters. The standard InChI is InChI=1S/C24H34N4O3S/c1-2-3-4-5-6-10-13-21-26-27-24(32-21)25-23(30)19-14-16-28(17-15-19)22(29)18-31-20-11-8-7-9-12-20/h7-9,11-12,19H,2-6,10,13-18H2,1H3,(H,25,27,30). The lowest BCUT2D eigenvalue weighted by molar-refractivity contribution is -0.136. The van der Waals surface area contributed by atoms with Crippen LogP contribution in [0.1, 0.15) is 63.3 Å². The number of unbranched alkanes of at least 4 members (excludes halogenated alkanes) is 5. The highest BCUT2D eigenvalue weighted by molar-refractivity contribution is 7.15. The van der Waals surface area contributed by atoms with Crippen LogP contribution in [0.5, 0.6) is 5.75 Å². The molecular weight excluding hydrogens is 424 g/mol. The van der Waals surface area contributed by atoms with Crippen LogP contribution in [-0.4, -0.2) is 46.6 Å². The maximum atomic E-state index is 12.6. The molecule has 1 aromatic carbocycles. The number of rotatable bonds is 12. The van der Waals surface area contributed by atoms with Gasteiger partial charge in [0.15, 0.2) is 6.61 Å². The molecule has 32 heavy (non-hydrogen) atoms. The SMILES string of the molecule is CCCCCCCCc1nnc(NC(=O)C2CCN(C(=O)COc3ccccc3)CC2)s1.